The number of rotatable bonds is 0. The van der Waals surface area contributed by atoms with Crippen LogP contribution in [0.3, 0.4) is 0 Å². The second-order valence-corrected chi connectivity index (χ2v) is 4.12. The van der Waals surface area contributed by atoms with E-state index in [1.54, 1.807) is 0 Å². The maximum absolute atomic E-state index is 3.58. The highest BCUT2D eigenvalue weighted by Crippen LogP contribution is 2.33. The Morgan fingerprint density at radius 3 is 2.90 bits per heavy atom. The van der Waals surface area contributed by atoms with Gasteiger partial charge in [-0.15, -0.1) is 0 Å². The van der Waals surface area contributed by atoms with Gasteiger partial charge in [-0.3, -0.25) is 0 Å². The van der Waals surface area contributed by atoms with Crippen molar-refractivity contribution in [2.75, 3.05) is 6.54 Å². The molecule has 1 aliphatic carbocycles. The van der Waals surface area contributed by atoms with Gasteiger partial charge in [0.15, 0.2) is 0 Å². The minimum absolute atomic E-state index is 0.877. The first-order valence-corrected chi connectivity index (χ1v) is 4.58. The lowest BCUT2D eigenvalue weighted by molar-refractivity contribution is 0.178. The average Bonchev–Trinajstić information content (AvgIpc) is 1.85. The van der Waals surface area contributed by atoms with Crippen molar-refractivity contribution in [3.63, 3.8) is 0 Å². The molecule has 0 aromatic heterocycles. The van der Waals surface area contributed by atoms with Crippen LogP contribution in [0.15, 0.2) is 0 Å². The molecule has 2 aliphatic rings. The van der Waals surface area contributed by atoms with E-state index in [-0.39, 0.29) is 0 Å². The molecule has 1 heteroatoms. The minimum Gasteiger partial charge on any atom is -0.314 e. The number of fused-ring (bicyclic) bond motifs is 2. The summed E-state index contributed by atoms with van der Waals surface area (Å²) in [4.78, 5) is 0. The standard InChI is InChI=1S/C9H17N/c1-7-4-8-2-3-10-9(5-7)6-8/h7-10H,2-6H2,1H3. The van der Waals surface area contributed by atoms with Gasteiger partial charge in [-0.25, -0.2) is 0 Å². The van der Waals surface area contributed by atoms with E-state index in [0.29, 0.717) is 0 Å². The molecule has 2 fully saturated rings. The molecule has 0 radical (unpaired) electrons. The van der Waals surface area contributed by atoms with Gasteiger partial charge in [-0.05, 0) is 44.1 Å². The Morgan fingerprint density at radius 2 is 2.10 bits per heavy atom. The zero-order chi connectivity index (χ0) is 6.97. The largest absolute Gasteiger partial charge is 0.314 e. The maximum atomic E-state index is 3.58. The Balaban J connectivity index is 1.98. The fraction of sp³-hybridized carbons (Fsp3) is 1.00. The molecule has 1 N–H and O–H groups in total. The molecule has 3 unspecified atom stereocenters. The molecule has 1 saturated heterocycles. The summed E-state index contributed by atoms with van der Waals surface area (Å²) in [5.41, 5.74) is 0. The summed E-state index contributed by atoms with van der Waals surface area (Å²) in [6.07, 6.45) is 5.82. The topological polar surface area (TPSA) is 12.0 Å². The molecule has 1 heterocycles. The van der Waals surface area contributed by atoms with Gasteiger partial charge in [0.1, 0.15) is 0 Å². The summed E-state index contributed by atoms with van der Waals surface area (Å²) >= 11 is 0. The number of hydrogen-bond donors (Lipinski definition) is 1. The molecule has 2 bridgehead atoms. The van der Waals surface area contributed by atoms with Crippen molar-refractivity contribution in [3.8, 4) is 0 Å². The van der Waals surface area contributed by atoms with Crippen molar-refractivity contribution < 1.29 is 0 Å². The molecule has 2 rings (SSSR count). The van der Waals surface area contributed by atoms with Crippen LogP contribution in [0.5, 0.6) is 0 Å². The Labute approximate surface area is 63.2 Å². The third-order valence-electron chi connectivity index (χ3n) is 3.03. The second kappa shape index (κ2) is 2.54. The third-order valence-corrected chi connectivity index (χ3v) is 3.03. The Bertz CT molecular complexity index is 106. The van der Waals surface area contributed by atoms with Crippen LogP contribution in [0.4, 0.5) is 0 Å². The summed E-state index contributed by atoms with van der Waals surface area (Å²) in [6.45, 7) is 3.67. The van der Waals surface area contributed by atoms with Crippen molar-refractivity contribution in [1.29, 1.82) is 0 Å². The Hall–Kier alpha value is -0.0400. The third kappa shape index (κ3) is 1.20. The first-order chi connectivity index (χ1) is 4.84. The zero-order valence-corrected chi connectivity index (χ0v) is 6.77. The van der Waals surface area contributed by atoms with E-state index in [1.807, 2.05) is 0 Å². The summed E-state index contributed by atoms with van der Waals surface area (Å²) in [6, 6.07) is 0.877. The van der Waals surface area contributed by atoms with Crippen molar-refractivity contribution in [2.24, 2.45) is 11.8 Å². The van der Waals surface area contributed by atoms with Gasteiger partial charge < -0.3 is 5.32 Å². The lowest BCUT2D eigenvalue weighted by Crippen LogP contribution is -2.42. The molecule has 1 saturated carbocycles. The fourth-order valence-corrected chi connectivity index (χ4v) is 2.64. The van der Waals surface area contributed by atoms with E-state index in [1.165, 1.54) is 32.2 Å². The molecule has 3 atom stereocenters. The highest BCUT2D eigenvalue weighted by Gasteiger charge is 2.28. The van der Waals surface area contributed by atoms with Gasteiger partial charge >= 0.3 is 0 Å². The lowest BCUT2D eigenvalue weighted by atomic mass is 9.76. The van der Waals surface area contributed by atoms with Crippen molar-refractivity contribution in [2.45, 2.75) is 38.6 Å². The number of nitrogens with one attached hydrogen (secondary N) is 1. The molecular formula is C9H17N. The van der Waals surface area contributed by atoms with Gasteiger partial charge in [0, 0.05) is 6.04 Å². The summed E-state index contributed by atoms with van der Waals surface area (Å²) in [7, 11) is 0. The second-order valence-electron chi connectivity index (χ2n) is 4.12. The zero-order valence-electron chi connectivity index (χ0n) is 6.77. The smallest absolute Gasteiger partial charge is 0.00722 e. The van der Waals surface area contributed by atoms with Crippen LogP contribution in [0.1, 0.15) is 32.6 Å². The molecule has 1 nitrogen and oxygen atoms in total. The summed E-state index contributed by atoms with van der Waals surface area (Å²) in [5.74, 6) is 2.05. The highest BCUT2D eigenvalue weighted by atomic mass is 14.9. The molecule has 0 amide bonds. The lowest BCUT2D eigenvalue weighted by Gasteiger charge is -2.38. The van der Waals surface area contributed by atoms with E-state index in [9.17, 15) is 0 Å². The molecular weight excluding hydrogens is 122 g/mol. The molecule has 0 aromatic carbocycles. The van der Waals surface area contributed by atoms with Crippen LogP contribution < -0.4 is 5.32 Å². The summed E-state index contributed by atoms with van der Waals surface area (Å²) in [5, 5.41) is 3.58. The SMILES string of the molecule is CC1CC2CCNC(C1)C2. The maximum Gasteiger partial charge on any atom is 0.00722 e. The first kappa shape index (κ1) is 6.66. The van der Waals surface area contributed by atoms with E-state index in [4.69, 9.17) is 0 Å². The van der Waals surface area contributed by atoms with E-state index < -0.39 is 0 Å². The predicted molar refractivity (Wildman–Crippen MR) is 42.9 cm³/mol. The van der Waals surface area contributed by atoms with Gasteiger partial charge in [-0.1, -0.05) is 6.92 Å². The monoisotopic (exact) mass is 139 g/mol. The van der Waals surface area contributed by atoms with Gasteiger partial charge in [-0.2, -0.15) is 0 Å². The molecule has 58 valence electrons. The van der Waals surface area contributed by atoms with Crippen LogP contribution >= 0.6 is 0 Å². The molecule has 10 heavy (non-hydrogen) atoms. The van der Waals surface area contributed by atoms with Crippen LogP contribution in [0.2, 0.25) is 0 Å². The van der Waals surface area contributed by atoms with Crippen LogP contribution in [0.25, 0.3) is 0 Å². The Morgan fingerprint density at radius 1 is 1.20 bits per heavy atom. The first-order valence-electron chi connectivity index (χ1n) is 4.58. The van der Waals surface area contributed by atoms with Crippen molar-refractivity contribution >= 4 is 0 Å². The normalized spacial score (nSPS) is 47.1. The van der Waals surface area contributed by atoms with Crippen LogP contribution in [-0.4, -0.2) is 12.6 Å². The van der Waals surface area contributed by atoms with Crippen LogP contribution in [0, 0.1) is 11.8 Å². The number of piperidine rings is 1. The van der Waals surface area contributed by atoms with Crippen molar-refractivity contribution in [3.05, 3.63) is 0 Å². The average molecular weight is 139 g/mol. The summed E-state index contributed by atoms with van der Waals surface area (Å²) < 4.78 is 0. The Kier molecular flexibility index (Phi) is 1.69. The minimum atomic E-state index is 0.877. The quantitative estimate of drug-likeness (QED) is 0.539. The molecule has 0 aromatic rings. The molecule has 0 spiro atoms. The highest BCUT2D eigenvalue weighted by molar-refractivity contribution is 4.85. The fourth-order valence-electron chi connectivity index (χ4n) is 2.64. The number of hydrogen-bond acceptors (Lipinski definition) is 1. The van der Waals surface area contributed by atoms with Crippen molar-refractivity contribution in [1.82, 2.24) is 5.32 Å². The molecule has 1 aliphatic heterocycles. The predicted octanol–water partition coefficient (Wildman–Crippen LogP) is 1.78. The van der Waals surface area contributed by atoms with Crippen LogP contribution in [-0.2, 0) is 0 Å². The van der Waals surface area contributed by atoms with Gasteiger partial charge in [0.25, 0.3) is 0 Å². The van der Waals surface area contributed by atoms with E-state index in [2.05, 4.69) is 12.2 Å². The van der Waals surface area contributed by atoms with Gasteiger partial charge in [0.2, 0.25) is 0 Å². The van der Waals surface area contributed by atoms with E-state index in [0.717, 1.165) is 17.9 Å². The van der Waals surface area contributed by atoms with E-state index >= 15 is 0 Å². The van der Waals surface area contributed by atoms with Gasteiger partial charge in [0.05, 0.1) is 0 Å².